The average molecular weight is 336 g/mol. The predicted octanol–water partition coefficient (Wildman–Crippen LogP) is 4.60. The van der Waals surface area contributed by atoms with Crippen molar-refractivity contribution in [1.29, 1.82) is 0 Å². The average Bonchev–Trinajstić information content (AvgIpc) is 2.33. The number of carbonyl (C=O) groups excluding carboxylic acids is 1. The zero-order valence-corrected chi connectivity index (χ0v) is 13.1. The molecule has 1 heterocycles. The summed E-state index contributed by atoms with van der Waals surface area (Å²) in [4.78, 5) is 17.4. The number of aromatic nitrogens is 1. The van der Waals surface area contributed by atoms with Crippen LogP contribution in [0.25, 0.3) is 10.9 Å². The third kappa shape index (κ3) is 2.32. The first kappa shape index (κ1) is 13.1. The molecule has 1 aliphatic carbocycles. The van der Waals surface area contributed by atoms with Crippen molar-refractivity contribution in [3.63, 3.8) is 0 Å². The molecule has 0 bridgehead atoms. The van der Waals surface area contributed by atoms with Gasteiger partial charge in [0.25, 0.3) is 0 Å². The summed E-state index contributed by atoms with van der Waals surface area (Å²) in [7, 11) is 0. The van der Waals surface area contributed by atoms with E-state index in [4.69, 9.17) is 0 Å². The highest BCUT2D eigenvalue weighted by Crippen LogP contribution is 2.49. The van der Waals surface area contributed by atoms with Gasteiger partial charge in [0, 0.05) is 21.0 Å². The number of pyridine rings is 1. The second-order valence-corrected chi connectivity index (χ2v) is 7.32. The molecule has 4 heteroatoms. The summed E-state index contributed by atoms with van der Waals surface area (Å²) in [5.41, 5.74) is 0.978. The molecule has 0 spiro atoms. The fourth-order valence-electron chi connectivity index (χ4n) is 2.42. The van der Waals surface area contributed by atoms with Crippen molar-refractivity contribution in [2.75, 3.05) is 0 Å². The summed E-state index contributed by atoms with van der Waals surface area (Å²) in [6, 6.07) is 8.10. The van der Waals surface area contributed by atoms with Crippen LogP contribution < -0.4 is 0 Å². The lowest BCUT2D eigenvalue weighted by Crippen LogP contribution is -2.40. The molecule has 1 saturated carbocycles. The number of ketones is 1. The van der Waals surface area contributed by atoms with Crippen LogP contribution in [-0.2, 0) is 4.79 Å². The Hall–Kier alpha value is -0.870. The molecule has 0 atom stereocenters. The number of thioether (sulfide) groups is 1. The van der Waals surface area contributed by atoms with Crippen molar-refractivity contribution in [3.8, 4) is 0 Å². The monoisotopic (exact) mass is 335 g/mol. The molecular formula is C15H14BrNOS. The Morgan fingerprint density at radius 2 is 2.16 bits per heavy atom. The van der Waals surface area contributed by atoms with Crippen molar-refractivity contribution in [2.45, 2.75) is 35.8 Å². The molecule has 2 nitrogen and oxygen atoms in total. The quantitative estimate of drug-likeness (QED) is 0.820. The van der Waals surface area contributed by atoms with Gasteiger partial charge in [-0.1, -0.05) is 15.9 Å². The zero-order valence-electron chi connectivity index (χ0n) is 10.6. The fraction of sp³-hybridized carbons (Fsp3) is 0.333. The fourth-order valence-corrected chi connectivity index (χ4v) is 4.24. The Bertz CT molecular complexity index is 652. The minimum absolute atomic E-state index is 0.198. The van der Waals surface area contributed by atoms with Gasteiger partial charge in [0.1, 0.15) is 5.78 Å². The van der Waals surface area contributed by atoms with Gasteiger partial charge in [-0.05, 0) is 50.5 Å². The van der Waals surface area contributed by atoms with Crippen molar-refractivity contribution >= 4 is 44.4 Å². The largest absolute Gasteiger partial charge is 0.298 e. The summed E-state index contributed by atoms with van der Waals surface area (Å²) in [6.07, 6.45) is 4.96. The van der Waals surface area contributed by atoms with E-state index >= 15 is 0 Å². The van der Waals surface area contributed by atoms with E-state index in [-0.39, 0.29) is 4.75 Å². The highest BCUT2D eigenvalue weighted by Gasteiger charge is 2.42. The van der Waals surface area contributed by atoms with Gasteiger partial charge in [0.2, 0.25) is 0 Å². The molecule has 0 unspecified atom stereocenters. The molecular weight excluding hydrogens is 322 g/mol. The maximum absolute atomic E-state index is 11.9. The Kier molecular flexibility index (Phi) is 3.39. The van der Waals surface area contributed by atoms with Crippen LogP contribution in [-0.4, -0.2) is 15.5 Å². The minimum atomic E-state index is -0.198. The van der Waals surface area contributed by atoms with Crippen LogP contribution in [0.1, 0.15) is 26.2 Å². The molecule has 0 N–H and O–H groups in total. The number of fused-ring (bicyclic) bond motifs is 1. The van der Waals surface area contributed by atoms with E-state index in [0.29, 0.717) is 5.78 Å². The lowest BCUT2D eigenvalue weighted by Gasteiger charge is -2.39. The number of benzene rings is 1. The van der Waals surface area contributed by atoms with Crippen molar-refractivity contribution < 1.29 is 4.79 Å². The summed E-state index contributed by atoms with van der Waals surface area (Å²) in [5, 5.41) is 1.12. The lowest BCUT2D eigenvalue weighted by molar-refractivity contribution is -0.121. The lowest BCUT2D eigenvalue weighted by atomic mass is 9.81. The van der Waals surface area contributed by atoms with E-state index in [1.54, 1.807) is 18.7 Å². The third-order valence-electron chi connectivity index (χ3n) is 3.77. The molecule has 0 amide bonds. The van der Waals surface area contributed by atoms with E-state index in [1.807, 2.05) is 24.4 Å². The normalized spacial score (nSPS) is 17.2. The van der Waals surface area contributed by atoms with Gasteiger partial charge < -0.3 is 0 Å². The number of nitrogens with zero attached hydrogens (tertiary/aromatic N) is 1. The van der Waals surface area contributed by atoms with E-state index in [2.05, 4.69) is 27.0 Å². The third-order valence-corrected chi connectivity index (χ3v) is 5.93. The van der Waals surface area contributed by atoms with Gasteiger partial charge in [0.05, 0.1) is 10.3 Å². The molecule has 0 saturated heterocycles. The van der Waals surface area contributed by atoms with Crippen LogP contribution in [0.3, 0.4) is 0 Å². The molecule has 98 valence electrons. The van der Waals surface area contributed by atoms with Crippen LogP contribution in [0, 0.1) is 0 Å². The number of rotatable bonds is 3. The first-order valence-corrected chi connectivity index (χ1v) is 7.96. The first-order valence-electron chi connectivity index (χ1n) is 6.35. The summed E-state index contributed by atoms with van der Waals surface area (Å²) < 4.78 is 0.844. The molecule has 1 aliphatic rings. The van der Waals surface area contributed by atoms with E-state index in [0.717, 1.165) is 39.5 Å². The number of hydrogen-bond acceptors (Lipinski definition) is 3. The Balaban J connectivity index is 2.05. The maximum Gasteiger partial charge on any atom is 0.146 e. The van der Waals surface area contributed by atoms with Crippen LogP contribution >= 0.6 is 27.7 Å². The standard InChI is InChI=1S/C15H14BrNOS/c1-10(18)15(6-2-7-15)19-14-5-8-17-13-4-3-11(16)9-12(13)14/h3-5,8-9H,2,6-7H2,1H3. The summed E-state index contributed by atoms with van der Waals surface area (Å²) in [5.74, 6) is 0.295. The van der Waals surface area contributed by atoms with Crippen LogP contribution in [0.15, 0.2) is 39.8 Å². The molecule has 0 aliphatic heterocycles. The van der Waals surface area contributed by atoms with Crippen LogP contribution in [0.5, 0.6) is 0 Å². The van der Waals surface area contributed by atoms with Crippen LogP contribution in [0.4, 0.5) is 0 Å². The molecule has 19 heavy (non-hydrogen) atoms. The van der Waals surface area contributed by atoms with Crippen LogP contribution in [0.2, 0.25) is 0 Å². The van der Waals surface area contributed by atoms with Gasteiger partial charge in [-0.15, -0.1) is 11.8 Å². The highest BCUT2D eigenvalue weighted by molar-refractivity contribution is 9.10. The number of halogens is 1. The molecule has 1 aromatic carbocycles. The van der Waals surface area contributed by atoms with Gasteiger partial charge in [-0.3, -0.25) is 9.78 Å². The minimum Gasteiger partial charge on any atom is -0.298 e. The van der Waals surface area contributed by atoms with Crippen molar-refractivity contribution in [1.82, 2.24) is 4.98 Å². The Morgan fingerprint density at radius 1 is 1.37 bits per heavy atom. The predicted molar refractivity (Wildman–Crippen MR) is 82.6 cm³/mol. The zero-order chi connectivity index (χ0) is 13.5. The smallest absolute Gasteiger partial charge is 0.146 e. The summed E-state index contributed by atoms with van der Waals surface area (Å²) in [6.45, 7) is 1.71. The molecule has 3 rings (SSSR count). The Morgan fingerprint density at radius 3 is 2.79 bits per heavy atom. The van der Waals surface area contributed by atoms with Gasteiger partial charge in [-0.2, -0.15) is 0 Å². The highest BCUT2D eigenvalue weighted by atomic mass is 79.9. The first-order chi connectivity index (χ1) is 9.11. The number of hydrogen-bond donors (Lipinski definition) is 0. The second-order valence-electron chi connectivity index (χ2n) is 4.98. The molecule has 1 aromatic heterocycles. The second kappa shape index (κ2) is 4.91. The molecule has 2 aromatic rings. The SMILES string of the molecule is CC(=O)C1(Sc2ccnc3ccc(Br)cc23)CCC1. The van der Waals surface area contributed by atoms with Gasteiger partial charge in [0.15, 0.2) is 0 Å². The summed E-state index contributed by atoms with van der Waals surface area (Å²) >= 11 is 5.22. The van der Waals surface area contributed by atoms with Gasteiger partial charge in [-0.25, -0.2) is 0 Å². The molecule has 1 fully saturated rings. The number of carbonyl (C=O) groups is 1. The Labute approximate surface area is 125 Å². The van der Waals surface area contributed by atoms with E-state index in [9.17, 15) is 4.79 Å². The number of Topliss-reactive ketones (excluding diaryl/α,β-unsaturated/α-hetero) is 1. The van der Waals surface area contributed by atoms with Gasteiger partial charge >= 0.3 is 0 Å². The maximum atomic E-state index is 11.9. The van der Waals surface area contributed by atoms with E-state index in [1.165, 1.54) is 0 Å². The van der Waals surface area contributed by atoms with Crippen molar-refractivity contribution in [3.05, 3.63) is 34.9 Å². The topological polar surface area (TPSA) is 30.0 Å². The molecule has 0 radical (unpaired) electrons. The van der Waals surface area contributed by atoms with Crippen molar-refractivity contribution in [2.24, 2.45) is 0 Å². The van der Waals surface area contributed by atoms with E-state index < -0.39 is 0 Å².